The molecule has 0 aliphatic rings. The largest absolute Gasteiger partial charge is 0.463 e. The summed E-state index contributed by atoms with van der Waals surface area (Å²) in [5.74, 6) is 0.134. The van der Waals surface area contributed by atoms with Gasteiger partial charge in [0.1, 0.15) is 5.82 Å². The number of hydrogen-bond donors (Lipinski definition) is 2. The molecule has 1 aromatic carbocycles. The molecule has 0 radical (unpaired) electrons. The normalized spacial score (nSPS) is 10.9. The number of carbonyl (C=O) groups is 1. The number of rotatable bonds is 7. The number of ether oxygens (including phenoxy) is 1. The lowest BCUT2D eigenvalue weighted by Gasteiger charge is -2.12. The number of nitrogens with one attached hydrogen (secondary N) is 2. The lowest BCUT2D eigenvalue weighted by Crippen LogP contribution is -2.39. The van der Waals surface area contributed by atoms with Crippen LogP contribution in [0.3, 0.4) is 0 Å². The first kappa shape index (κ1) is 21.6. The van der Waals surface area contributed by atoms with E-state index in [1.807, 2.05) is 19.9 Å². The van der Waals surface area contributed by atoms with Crippen molar-refractivity contribution >= 4 is 35.9 Å². The van der Waals surface area contributed by atoms with Gasteiger partial charge in [-0.25, -0.2) is 4.39 Å². The van der Waals surface area contributed by atoms with Crippen LogP contribution >= 0.6 is 24.0 Å². The minimum atomic E-state index is -0.238. The Morgan fingerprint density at radius 1 is 1.30 bits per heavy atom. The van der Waals surface area contributed by atoms with Crippen LogP contribution in [0.4, 0.5) is 4.39 Å². The van der Waals surface area contributed by atoms with Crippen LogP contribution in [0.1, 0.15) is 25.8 Å². The molecule has 0 bridgehead atoms. The average molecular weight is 437 g/mol. The maximum absolute atomic E-state index is 13.1. The molecule has 0 saturated heterocycles. The molecule has 5 nitrogen and oxygen atoms in total. The predicted molar refractivity (Wildman–Crippen MR) is 101 cm³/mol. The van der Waals surface area contributed by atoms with Crippen molar-refractivity contribution in [3.8, 4) is 0 Å². The van der Waals surface area contributed by atoms with Crippen molar-refractivity contribution in [2.45, 2.75) is 32.8 Å². The molecule has 23 heavy (non-hydrogen) atoms. The Morgan fingerprint density at radius 2 is 2.00 bits per heavy atom. The number of hydrogen-bond acceptors (Lipinski definition) is 3. The third-order valence-corrected chi connectivity index (χ3v) is 2.81. The quantitative estimate of drug-likeness (QED) is 0.298. The van der Waals surface area contributed by atoms with E-state index in [-0.39, 0.29) is 48.3 Å². The van der Waals surface area contributed by atoms with Gasteiger partial charge in [0, 0.05) is 20.1 Å². The Kier molecular flexibility index (Phi) is 11.4. The first-order valence-corrected chi connectivity index (χ1v) is 7.39. The Bertz CT molecular complexity index is 510. The van der Waals surface area contributed by atoms with E-state index in [2.05, 4.69) is 15.6 Å². The third-order valence-electron chi connectivity index (χ3n) is 2.81. The maximum Gasteiger partial charge on any atom is 0.307 e. The number of benzene rings is 1. The molecule has 130 valence electrons. The van der Waals surface area contributed by atoms with E-state index < -0.39 is 0 Å². The van der Waals surface area contributed by atoms with E-state index in [1.165, 1.54) is 12.1 Å². The van der Waals surface area contributed by atoms with E-state index in [4.69, 9.17) is 4.74 Å². The third kappa shape index (κ3) is 10.1. The summed E-state index contributed by atoms with van der Waals surface area (Å²) in [5.41, 5.74) is 0.920. The molecular formula is C16H25FIN3O2. The van der Waals surface area contributed by atoms with Crippen molar-refractivity contribution in [2.75, 3.05) is 20.1 Å². The van der Waals surface area contributed by atoms with Gasteiger partial charge in [-0.1, -0.05) is 12.1 Å². The van der Waals surface area contributed by atoms with Crippen LogP contribution in [0.5, 0.6) is 0 Å². The number of halogens is 2. The second kappa shape index (κ2) is 12.1. The molecule has 0 spiro atoms. The number of nitrogens with zero attached hydrogens (tertiary/aromatic N) is 1. The fraction of sp³-hybridized carbons (Fsp3) is 0.500. The highest BCUT2D eigenvalue weighted by Crippen LogP contribution is 2.03. The van der Waals surface area contributed by atoms with Crippen LogP contribution in [0, 0.1) is 5.82 Å². The fourth-order valence-corrected chi connectivity index (χ4v) is 1.84. The van der Waals surface area contributed by atoms with Crippen molar-refractivity contribution in [2.24, 2.45) is 4.99 Å². The van der Waals surface area contributed by atoms with Crippen LogP contribution in [0.25, 0.3) is 0 Å². The highest BCUT2D eigenvalue weighted by Gasteiger charge is 2.05. The highest BCUT2D eigenvalue weighted by atomic mass is 127. The van der Waals surface area contributed by atoms with Gasteiger partial charge in [0.15, 0.2) is 5.96 Å². The zero-order chi connectivity index (χ0) is 16.4. The fourth-order valence-electron chi connectivity index (χ4n) is 1.84. The number of esters is 1. The molecule has 0 unspecified atom stereocenters. The van der Waals surface area contributed by atoms with Crippen molar-refractivity contribution < 1.29 is 13.9 Å². The van der Waals surface area contributed by atoms with Crippen molar-refractivity contribution in [1.82, 2.24) is 10.6 Å². The summed E-state index contributed by atoms with van der Waals surface area (Å²) < 4.78 is 18.1. The van der Waals surface area contributed by atoms with E-state index in [1.54, 1.807) is 13.1 Å². The van der Waals surface area contributed by atoms with Crippen LogP contribution in [-0.2, 0) is 16.0 Å². The zero-order valence-corrected chi connectivity index (χ0v) is 16.1. The Balaban J connectivity index is 0.00000484. The van der Waals surface area contributed by atoms with Gasteiger partial charge < -0.3 is 15.4 Å². The van der Waals surface area contributed by atoms with Gasteiger partial charge in [0.25, 0.3) is 0 Å². The summed E-state index contributed by atoms with van der Waals surface area (Å²) in [6.07, 6.45) is 0.868. The molecule has 0 aliphatic heterocycles. The molecule has 1 aromatic rings. The maximum atomic E-state index is 13.1. The molecular weight excluding hydrogens is 412 g/mol. The summed E-state index contributed by atoms with van der Waals surface area (Å²) in [6, 6.07) is 6.51. The van der Waals surface area contributed by atoms with Crippen molar-refractivity contribution in [1.29, 1.82) is 0 Å². The lowest BCUT2D eigenvalue weighted by atomic mass is 10.1. The molecule has 2 N–H and O–H groups in total. The van der Waals surface area contributed by atoms with E-state index in [9.17, 15) is 9.18 Å². The second-order valence-corrected chi connectivity index (χ2v) is 5.09. The minimum absolute atomic E-state index is 0. The Morgan fingerprint density at radius 3 is 2.61 bits per heavy atom. The lowest BCUT2D eigenvalue weighted by molar-refractivity contribution is -0.147. The van der Waals surface area contributed by atoms with E-state index >= 15 is 0 Å². The van der Waals surface area contributed by atoms with Gasteiger partial charge in [-0.2, -0.15) is 0 Å². The average Bonchev–Trinajstić information content (AvgIpc) is 2.45. The zero-order valence-electron chi connectivity index (χ0n) is 13.8. The molecule has 7 heteroatoms. The van der Waals surface area contributed by atoms with Gasteiger partial charge in [-0.3, -0.25) is 9.79 Å². The molecule has 0 amide bonds. The number of aliphatic imine (C=N–C) groups is 1. The molecule has 0 fully saturated rings. The standard InChI is InChI=1S/C16H24FN3O2.HI/c1-12(2)22-15(21)8-10-20-16(18-3)19-9-7-13-5-4-6-14(17)11-13;/h4-6,11-12H,7-10H2,1-3H3,(H2,18,19,20);1H. The van der Waals surface area contributed by atoms with Gasteiger partial charge in [0.05, 0.1) is 12.5 Å². The van der Waals surface area contributed by atoms with Crippen molar-refractivity contribution in [3.63, 3.8) is 0 Å². The van der Waals surface area contributed by atoms with Crippen molar-refractivity contribution in [3.05, 3.63) is 35.6 Å². The van der Waals surface area contributed by atoms with Gasteiger partial charge in [-0.15, -0.1) is 24.0 Å². The first-order valence-electron chi connectivity index (χ1n) is 7.39. The van der Waals surface area contributed by atoms with E-state index in [0.717, 1.165) is 5.56 Å². The molecule has 0 aliphatic carbocycles. The molecule has 0 atom stereocenters. The van der Waals surface area contributed by atoms with Gasteiger partial charge >= 0.3 is 5.97 Å². The summed E-state index contributed by atoms with van der Waals surface area (Å²) in [7, 11) is 1.66. The Labute approximate surface area is 154 Å². The topological polar surface area (TPSA) is 62.7 Å². The minimum Gasteiger partial charge on any atom is -0.463 e. The van der Waals surface area contributed by atoms with Crippen LogP contribution in [-0.4, -0.2) is 38.2 Å². The molecule has 0 saturated carbocycles. The highest BCUT2D eigenvalue weighted by molar-refractivity contribution is 14.0. The first-order chi connectivity index (χ1) is 10.5. The summed E-state index contributed by atoms with van der Waals surface area (Å²) in [6.45, 7) is 4.71. The number of guanidine groups is 1. The molecule has 0 heterocycles. The van der Waals surface area contributed by atoms with Crippen LogP contribution in [0.15, 0.2) is 29.3 Å². The van der Waals surface area contributed by atoms with E-state index in [0.29, 0.717) is 25.5 Å². The summed E-state index contributed by atoms with van der Waals surface area (Å²) in [4.78, 5) is 15.5. The summed E-state index contributed by atoms with van der Waals surface area (Å²) in [5, 5.41) is 6.15. The smallest absolute Gasteiger partial charge is 0.307 e. The SMILES string of the molecule is CN=C(NCCC(=O)OC(C)C)NCCc1cccc(F)c1.I. The Hall–Kier alpha value is -1.38. The number of carbonyl (C=O) groups excluding carboxylic acids is 1. The van der Waals surface area contributed by atoms with Crippen LogP contribution in [0.2, 0.25) is 0 Å². The molecule has 1 rings (SSSR count). The van der Waals surface area contributed by atoms with Crippen LogP contribution < -0.4 is 10.6 Å². The monoisotopic (exact) mass is 437 g/mol. The molecule has 0 aromatic heterocycles. The van der Waals surface area contributed by atoms with Gasteiger partial charge in [0.2, 0.25) is 0 Å². The summed E-state index contributed by atoms with van der Waals surface area (Å²) >= 11 is 0. The second-order valence-electron chi connectivity index (χ2n) is 5.09. The van der Waals surface area contributed by atoms with Gasteiger partial charge in [-0.05, 0) is 38.0 Å². The predicted octanol–water partition coefficient (Wildman–Crippen LogP) is 2.49.